The second kappa shape index (κ2) is 4.05. The van der Waals surface area contributed by atoms with Crippen LogP contribution in [0.5, 0.6) is 11.5 Å². The Balaban J connectivity index is 2.30. The second-order valence-electron chi connectivity index (χ2n) is 4.72. The molecule has 2 aromatic carbocycles. The largest absolute Gasteiger partial charge is 0.497 e. The molecule has 0 fully saturated rings. The molecule has 2 aromatic rings. The Kier molecular flexibility index (Phi) is 2.51. The maximum absolute atomic E-state index is 5.83. The molecule has 0 unspecified atom stereocenters. The number of benzene rings is 2. The minimum atomic E-state index is 0.615. The van der Waals surface area contributed by atoms with Crippen molar-refractivity contribution < 1.29 is 9.47 Å². The summed E-state index contributed by atoms with van der Waals surface area (Å²) >= 11 is 0. The van der Waals surface area contributed by atoms with Crippen molar-refractivity contribution in [3.05, 3.63) is 47.0 Å². The van der Waals surface area contributed by atoms with Gasteiger partial charge in [0, 0.05) is 11.1 Å². The smallest absolute Gasteiger partial charge is 0.127 e. The summed E-state index contributed by atoms with van der Waals surface area (Å²) in [5.74, 6) is 1.88. The quantitative estimate of drug-likeness (QED) is 0.753. The highest BCUT2D eigenvalue weighted by atomic mass is 16.5. The van der Waals surface area contributed by atoms with Crippen molar-refractivity contribution in [3.63, 3.8) is 0 Å². The minimum absolute atomic E-state index is 0.615. The fourth-order valence-corrected chi connectivity index (χ4v) is 2.65. The first kappa shape index (κ1) is 11.1. The van der Waals surface area contributed by atoms with Gasteiger partial charge in [-0.15, -0.1) is 0 Å². The van der Waals surface area contributed by atoms with E-state index in [4.69, 9.17) is 9.47 Å². The lowest BCUT2D eigenvalue weighted by molar-refractivity contribution is 0.301. The lowest BCUT2D eigenvalue weighted by atomic mass is 9.90. The van der Waals surface area contributed by atoms with Crippen molar-refractivity contribution in [1.29, 1.82) is 0 Å². The van der Waals surface area contributed by atoms with Gasteiger partial charge >= 0.3 is 0 Å². The number of fused-ring (bicyclic) bond motifs is 3. The molecule has 0 aromatic heterocycles. The molecule has 0 N–H and O–H groups in total. The Morgan fingerprint density at radius 2 is 1.89 bits per heavy atom. The Morgan fingerprint density at radius 1 is 1.06 bits per heavy atom. The van der Waals surface area contributed by atoms with Crippen LogP contribution in [0.15, 0.2) is 30.3 Å². The van der Waals surface area contributed by atoms with E-state index >= 15 is 0 Å². The van der Waals surface area contributed by atoms with Gasteiger partial charge in [0.2, 0.25) is 0 Å². The summed E-state index contributed by atoms with van der Waals surface area (Å²) in [7, 11) is 1.70. The third-order valence-electron chi connectivity index (χ3n) is 3.49. The van der Waals surface area contributed by atoms with Crippen molar-refractivity contribution in [2.45, 2.75) is 20.5 Å². The van der Waals surface area contributed by atoms with Crippen LogP contribution < -0.4 is 9.47 Å². The van der Waals surface area contributed by atoms with Gasteiger partial charge in [0.05, 0.1) is 7.11 Å². The predicted octanol–water partition coefficient (Wildman–Crippen LogP) is 3.87. The molecule has 0 saturated carbocycles. The Hall–Kier alpha value is -1.96. The van der Waals surface area contributed by atoms with Crippen molar-refractivity contribution in [2.75, 3.05) is 7.11 Å². The lowest BCUT2D eigenvalue weighted by Crippen LogP contribution is -2.08. The first-order chi connectivity index (χ1) is 8.70. The van der Waals surface area contributed by atoms with E-state index in [1.807, 2.05) is 12.1 Å². The zero-order valence-electron chi connectivity index (χ0n) is 10.9. The molecule has 1 aliphatic rings. The van der Waals surface area contributed by atoms with Crippen LogP contribution in [0.1, 0.15) is 16.7 Å². The molecule has 0 aliphatic carbocycles. The van der Waals surface area contributed by atoms with Crippen LogP contribution >= 0.6 is 0 Å². The van der Waals surface area contributed by atoms with E-state index < -0.39 is 0 Å². The van der Waals surface area contributed by atoms with Crippen LogP contribution in [0.25, 0.3) is 11.1 Å². The van der Waals surface area contributed by atoms with E-state index in [9.17, 15) is 0 Å². The van der Waals surface area contributed by atoms with Gasteiger partial charge in [-0.3, -0.25) is 0 Å². The maximum atomic E-state index is 5.83. The van der Waals surface area contributed by atoms with Gasteiger partial charge in [0.15, 0.2) is 0 Å². The van der Waals surface area contributed by atoms with Gasteiger partial charge in [0.25, 0.3) is 0 Å². The minimum Gasteiger partial charge on any atom is -0.497 e. The van der Waals surface area contributed by atoms with Crippen molar-refractivity contribution >= 4 is 0 Å². The molecule has 18 heavy (non-hydrogen) atoms. The monoisotopic (exact) mass is 240 g/mol. The molecule has 2 nitrogen and oxygen atoms in total. The number of hydrogen-bond donors (Lipinski definition) is 0. The number of methoxy groups -OCH3 is 1. The molecule has 2 heteroatoms. The first-order valence-corrected chi connectivity index (χ1v) is 6.11. The fraction of sp³-hybridized carbons (Fsp3) is 0.250. The summed E-state index contributed by atoms with van der Waals surface area (Å²) in [6.45, 7) is 4.87. The molecule has 0 saturated heterocycles. The van der Waals surface area contributed by atoms with Crippen LogP contribution in [0.4, 0.5) is 0 Å². The highest BCUT2D eigenvalue weighted by Gasteiger charge is 2.21. The third kappa shape index (κ3) is 1.57. The topological polar surface area (TPSA) is 18.5 Å². The molecular formula is C16H16O2. The lowest BCUT2D eigenvalue weighted by Gasteiger charge is -2.24. The average molecular weight is 240 g/mol. The molecule has 0 bridgehead atoms. The highest BCUT2D eigenvalue weighted by Crippen LogP contribution is 2.42. The van der Waals surface area contributed by atoms with Crippen molar-refractivity contribution in [1.82, 2.24) is 0 Å². The number of rotatable bonds is 1. The Labute approximate surface area is 107 Å². The molecule has 92 valence electrons. The zero-order valence-corrected chi connectivity index (χ0v) is 10.9. The molecule has 0 radical (unpaired) electrons. The first-order valence-electron chi connectivity index (χ1n) is 6.11. The van der Waals surface area contributed by atoms with E-state index in [0.717, 1.165) is 11.5 Å². The number of hydrogen-bond acceptors (Lipinski definition) is 2. The van der Waals surface area contributed by atoms with E-state index in [-0.39, 0.29) is 0 Å². The summed E-state index contributed by atoms with van der Waals surface area (Å²) in [4.78, 5) is 0. The van der Waals surface area contributed by atoms with Gasteiger partial charge in [-0.2, -0.15) is 0 Å². The summed E-state index contributed by atoms with van der Waals surface area (Å²) in [5.41, 5.74) is 6.22. The summed E-state index contributed by atoms with van der Waals surface area (Å²) in [6.07, 6.45) is 0. The van der Waals surface area contributed by atoms with Gasteiger partial charge < -0.3 is 9.47 Å². The molecule has 1 aliphatic heterocycles. The van der Waals surface area contributed by atoms with Gasteiger partial charge in [-0.25, -0.2) is 0 Å². The molecule has 0 spiro atoms. The number of ether oxygens (including phenoxy) is 2. The molecular weight excluding hydrogens is 224 g/mol. The third-order valence-corrected chi connectivity index (χ3v) is 3.49. The molecule has 0 amide bonds. The van der Waals surface area contributed by atoms with E-state index in [0.29, 0.717) is 6.61 Å². The molecule has 1 heterocycles. The van der Waals surface area contributed by atoms with Crippen LogP contribution in [0, 0.1) is 13.8 Å². The van der Waals surface area contributed by atoms with Crippen molar-refractivity contribution in [2.24, 2.45) is 0 Å². The SMILES string of the molecule is COc1cc(C)c2c(c1)COc1cccc(C)c1-2. The summed E-state index contributed by atoms with van der Waals surface area (Å²) in [6, 6.07) is 10.4. The highest BCUT2D eigenvalue weighted by molar-refractivity contribution is 5.81. The number of aryl methyl sites for hydroxylation is 2. The van der Waals surface area contributed by atoms with Gasteiger partial charge in [0.1, 0.15) is 18.1 Å². The van der Waals surface area contributed by atoms with E-state index in [1.54, 1.807) is 7.11 Å². The standard InChI is InChI=1S/C16H16O2/c1-10-5-4-6-14-16(10)15-11(2)7-13(17-3)8-12(15)9-18-14/h4-8H,9H2,1-3H3. The van der Waals surface area contributed by atoms with Gasteiger partial charge in [-0.1, -0.05) is 12.1 Å². The second-order valence-corrected chi connectivity index (χ2v) is 4.72. The maximum Gasteiger partial charge on any atom is 0.127 e. The van der Waals surface area contributed by atoms with Crippen LogP contribution in [0.3, 0.4) is 0 Å². The van der Waals surface area contributed by atoms with Gasteiger partial charge in [-0.05, 0) is 48.7 Å². The molecule has 3 rings (SSSR count). The predicted molar refractivity (Wildman–Crippen MR) is 72.2 cm³/mol. The van der Waals surface area contributed by atoms with Crippen LogP contribution in [-0.4, -0.2) is 7.11 Å². The Morgan fingerprint density at radius 3 is 2.67 bits per heavy atom. The van der Waals surface area contributed by atoms with E-state index in [2.05, 4.69) is 32.0 Å². The van der Waals surface area contributed by atoms with Crippen LogP contribution in [-0.2, 0) is 6.61 Å². The zero-order chi connectivity index (χ0) is 12.7. The summed E-state index contributed by atoms with van der Waals surface area (Å²) in [5, 5.41) is 0. The van der Waals surface area contributed by atoms with E-state index in [1.165, 1.54) is 27.8 Å². The normalized spacial score (nSPS) is 12.4. The van der Waals surface area contributed by atoms with Crippen LogP contribution in [0.2, 0.25) is 0 Å². The average Bonchev–Trinajstić information content (AvgIpc) is 2.38. The summed E-state index contributed by atoms with van der Waals surface area (Å²) < 4.78 is 11.2. The Bertz CT molecular complexity index is 615. The fourth-order valence-electron chi connectivity index (χ4n) is 2.65. The molecule has 0 atom stereocenters. The van der Waals surface area contributed by atoms with Crippen molar-refractivity contribution in [3.8, 4) is 22.6 Å².